The molecule has 0 atom stereocenters. The topological polar surface area (TPSA) is 54.3 Å². The molecule has 4 heteroatoms. The van der Waals surface area contributed by atoms with Gasteiger partial charge in [0, 0.05) is 18.2 Å². The van der Waals surface area contributed by atoms with E-state index in [2.05, 4.69) is 10.6 Å². The van der Waals surface area contributed by atoms with E-state index in [1.165, 1.54) is 0 Å². The van der Waals surface area contributed by atoms with E-state index < -0.39 is 0 Å². The van der Waals surface area contributed by atoms with Crippen LogP contribution in [0.1, 0.15) is 30.9 Å². The van der Waals surface area contributed by atoms with Crippen LogP contribution in [0.4, 0.5) is 4.79 Å². The number of carbonyl (C=O) groups excluding carboxylic acids is 1. The summed E-state index contributed by atoms with van der Waals surface area (Å²) in [6.07, 6.45) is 0. The number of rotatable bonds is 3. The van der Waals surface area contributed by atoms with Gasteiger partial charge in [0.15, 0.2) is 0 Å². The van der Waals surface area contributed by atoms with Crippen molar-refractivity contribution in [2.75, 3.05) is 0 Å². The van der Waals surface area contributed by atoms with Gasteiger partial charge in [-0.1, -0.05) is 0 Å². The zero-order valence-corrected chi connectivity index (χ0v) is 9.68. The van der Waals surface area contributed by atoms with Crippen LogP contribution in [-0.2, 0) is 6.54 Å². The number of furan rings is 1. The highest BCUT2D eigenvalue weighted by Crippen LogP contribution is 2.12. The summed E-state index contributed by atoms with van der Waals surface area (Å²) in [6.45, 7) is 8.14. The van der Waals surface area contributed by atoms with Gasteiger partial charge in [-0.3, -0.25) is 0 Å². The van der Waals surface area contributed by atoms with Gasteiger partial charge in [-0.25, -0.2) is 4.79 Å². The van der Waals surface area contributed by atoms with Crippen molar-refractivity contribution in [2.24, 2.45) is 0 Å². The molecule has 0 unspecified atom stereocenters. The molecule has 1 rings (SSSR count). The highest BCUT2D eigenvalue weighted by Gasteiger charge is 2.06. The van der Waals surface area contributed by atoms with E-state index in [9.17, 15) is 4.79 Å². The van der Waals surface area contributed by atoms with E-state index in [1.54, 1.807) is 0 Å². The molecule has 0 radical (unpaired) electrons. The summed E-state index contributed by atoms with van der Waals surface area (Å²) < 4.78 is 5.36. The first kappa shape index (κ1) is 11.6. The Bertz CT molecular complexity index is 342. The monoisotopic (exact) mass is 210 g/mol. The molecule has 4 nitrogen and oxygen atoms in total. The lowest BCUT2D eigenvalue weighted by Crippen LogP contribution is -2.39. The molecule has 1 aromatic rings. The predicted octanol–water partition coefficient (Wildman–Crippen LogP) is 2.10. The fourth-order valence-corrected chi connectivity index (χ4v) is 1.35. The molecule has 0 bridgehead atoms. The average molecular weight is 210 g/mol. The van der Waals surface area contributed by atoms with E-state index in [1.807, 2.05) is 33.8 Å². The van der Waals surface area contributed by atoms with Crippen LogP contribution in [0, 0.1) is 13.8 Å². The van der Waals surface area contributed by atoms with E-state index in [4.69, 9.17) is 4.42 Å². The Hall–Kier alpha value is -1.45. The van der Waals surface area contributed by atoms with Crippen molar-refractivity contribution >= 4 is 6.03 Å². The van der Waals surface area contributed by atoms with Crippen LogP contribution in [0.15, 0.2) is 10.5 Å². The van der Waals surface area contributed by atoms with Crippen molar-refractivity contribution in [3.63, 3.8) is 0 Å². The second-order valence-electron chi connectivity index (χ2n) is 3.92. The smallest absolute Gasteiger partial charge is 0.315 e. The first-order valence-corrected chi connectivity index (χ1v) is 5.09. The normalized spacial score (nSPS) is 10.5. The third-order valence-electron chi connectivity index (χ3n) is 2.00. The first-order chi connectivity index (χ1) is 6.99. The fourth-order valence-electron chi connectivity index (χ4n) is 1.35. The summed E-state index contributed by atoms with van der Waals surface area (Å²) in [5.41, 5.74) is 1.02. The zero-order chi connectivity index (χ0) is 11.4. The molecular formula is C11H18N2O2. The van der Waals surface area contributed by atoms with Crippen molar-refractivity contribution in [2.45, 2.75) is 40.3 Å². The molecule has 0 saturated heterocycles. The van der Waals surface area contributed by atoms with Gasteiger partial charge < -0.3 is 15.1 Å². The molecule has 2 N–H and O–H groups in total. The molecule has 0 aliphatic rings. The minimum Gasteiger partial charge on any atom is -0.466 e. The van der Waals surface area contributed by atoms with Crippen LogP contribution in [0.5, 0.6) is 0 Å². The summed E-state index contributed by atoms with van der Waals surface area (Å²) in [5, 5.41) is 5.53. The third kappa shape index (κ3) is 3.65. The number of amides is 2. The Kier molecular flexibility index (Phi) is 3.77. The van der Waals surface area contributed by atoms with Crippen LogP contribution in [0.2, 0.25) is 0 Å². The van der Waals surface area contributed by atoms with Gasteiger partial charge in [-0.05, 0) is 33.8 Å². The van der Waals surface area contributed by atoms with Crippen molar-refractivity contribution in [3.8, 4) is 0 Å². The second kappa shape index (κ2) is 4.87. The molecule has 1 aromatic heterocycles. The van der Waals surface area contributed by atoms with Crippen LogP contribution >= 0.6 is 0 Å². The number of hydrogen-bond donors (Lipinski definition) is 2. The van der Waals surface area contributed by atoms with Crippen molar-refractivity contribution in [3.05, 3.63) is 23.2 Å². The molecule has 84 valence electrons. The molecule has 15 heavy (non-hydrogen) atoms. The molecule has 0 saturated carbocycles. The van der Waals surface area contributed by atoms with Gasteiger partial charge in [-0.15, -0.1) is 0 Å². The molecule has 1 heterocycles. The summed E-state index contributed by atoms with van der Waals surface area (Å²) in [6, 6.07) is 1.94. The highest BCUT2D eigenvalue weighted by molar-refractivity contribution is 5.74. The lowest BCUT2D eigenvalue weighted by Gasteiger charge is -2.09. The highest BCUT2D eigenvalue weighted by atomic mass is 16.3. The van der Waals surface area contributed by atoms with Crippen LogP contribution in [0.3, 0.4) is 0 Å². The molecule has 2 amide bonds. The maximum absolute atomic E-state index is 11.3. The van der Waals surface area contributed by atoms with Gasteiger partial charge in [0.05, 0.1) is 0 Å². The fraction of sp³-hybridized carbons (Fsp3) is 0.545. The Labute approximate surface area is 90.0 Å². The zero-order valence-electron chi connectivity index (χ0n) is 9.68. The molecular weight excluding hydrogens is 192 g/mol. The maximum Gasteiger partial charge on any atom is 0.315 e. The average Bonchev–Trinajstić information content (AvgIpc) is 2.40. The van der Waals surface area contributed by atoms with Gasteiger partial charge in [0.2, 0.25) is 0 Å². The molecule has 0 aliphatic heterocycles. The SMILES string of the molecule is Cc1cc(CNC(=O)NC(C)C)c(C)o1. The van der Waals surface area contributed by atoms with Gasteiger partial charge >= 0.3 is 6.03 Å². The van der Waals surface area contributed by atoms with Crippen LogP contribution < -0.4 is 10.6 Å². The summed E-state index contributed by atoms with van der Waals surface area (Å²) >= 11 is 0. The Balaban J connectivity index is 2.43. The third-order valence-corrected chi connectivity index (χ3v) is 2.00. The van der Waals surface area contributed by atoms with E-state index in [0.29, 0.717) is 6.54 Å². The number of hydrogen-bond acceptors (Lipinski definition) is 2. The quantitative estimate of drug-likeness (QED) is 0.802. The van der Waals surface area contributed by atoms with Gasteiger partial charge in [-0.2, -0.15) is 0 Å². The van der Waals surface area contributed by atoms with E-state index in [0.717, 1.165) is 17.1 Å². The standard InChI is InChI=1S/C11H18N2O2/c1-7(2)13-11(14)12-6-10-5-8(3)15-9(10)4/h5,7H,6H2,1-4H3,(H2,12,13,14). The lowest BCUT2D eigenvalue weighted by atomic mass is 10.2. The molecule has 0 aliphatic carbocycles. The number of carbonyl (C=O) groups is 1. The minimum atomic E-state index is -0.150. The Morgan fingerprint density at radius 3 is 2.60 bits per heavy atom. The van der Waals surface area contributed by atoms with Gasteiger partial charge in [0.25, 0.3) is 0 Å². The Morgan fingerprint density at radius 1 is 1.47 bits per heavy atom. The number of urea groups is 1. The first-order valence-electron chi connectivity index (χ1n) is 5.09. The van der Waals surface area contributed by atoms with Gasteiger partial charge in [0.1, 0.15) is 11.5 Å². The summed E-state index contributed by atoms with van der Waals surface area (Å²) in [7, 11) is 0. The minimum absolute atomic E-state index is 0.150. The predicted molar refractivity (Wildman–Crippen MR) is 58.7 cm³/mol. The van der Waals surface area contributed by atoms with E-state index in [-0.39, 0.29) is 12.1 Å². The summed E-state index contributed by atoms with van der Waals surface area (Å²) in [5.74, 6) is 1.73. The Morgan fingerprint density at radius 2 is 2.13 bits per heavy atom. The van der Waals surface area contributed by atoms with Crippen molar-refractivity contribution in [1.29, 1.82) is 0 Å². The number of nitrogens with one attached hydrogen (secondary N) is 2. The molecule has 0 spiro atoms. The molecule has 0 fully saturated rings. The number of aryl methyl sites for hydroxylation is 2. The molecule has 0 aromatic carbocycles. The maximum atomic E-state index is 11.3. The second-order valence-corrected chi connectivity index (χ2v) is 3.92. The largest absolute Gasteiger partial charge is 0.466 e. The lowest BCUT2D eigenvalue weighted by molar-refractivity contribution is 0.238. The van der Waals surface area contributed by atoms with E-state index >= 15 is 0 Å². The summed E-state index contributed by atoms with van der Waals surface area (Å²) in [4.78, 5) is 11.3. The van der Waals surface area contributed by atoms with Crippen LogP contribution in [0.25, 0.3) is 0 Å². The van der Waals surface area contributed by atoms with Crippen molar-refractivity contribution in [1.82, 2.24) is 10.6 Å². The van der Waals surface area contributed by atoms with Crippen molar-refractivity contribution < 1.29 is 9.21 Å². The van der Waals surface area contributed by atoms with Crippen LogP contribution in [-0.4, -0.2) is 12.1 Å².